The number of alkyl halides is 3. The third kappa shape index (κ3) is 2.63. The topological polar surface area (TPSA) is 34.3 Å². The first-order valence-corrected chi connectivity index (χ1v) is 5.94. The lowest BCUT2D eigenvalue weighted by Crippen LogP contribution is -2.36. The molecule has 1 aromatic rings. The number of aliphatic hydroxyl groups is 1. The van der Waals surface area contributed by atoms with Crippen molar-refractivity contribution in [2.24, 2.45) is 0 Å². The van der Waals surface area contributed by atoms with Crippen LogP contribution in [0.5, 0.6) is 0 Å². The van der Waals surface area contributed by atoms with Gasteiger partial charge in [-0.3, -0.25) is 0 Å². The molecular weight excluding hydrogens is 267 g/mol. The van der Waals surface area contributed by atoms with Gasteiger partial charge in [0.25, 0.3) is 0 Å². The number of nitrogens with zero attached hydrogens (tertiary/aromatic N) is 1. The summed E-state index contributed by atoms with van der Waals surface area (Å²) in [6.07, 6.45) is -3.83. The maximum atomic E-state index is 12.7. The van der Waals surface area contributed by atoms with Crippen LogP contribution in [0.2, 0.25) is 5.02 Å². The molecule has 0 aromatic heterocycles. The van der Waals surface area contributed by atoms with Crippen LogP contribution in [0.4, 0.5) is 13.2 Å². The SMILES string of the molecule is OC1(c2ccc(Cl)c(C(F)(F)F)c2)CC[N]CC1. The quantitative estimate of drug-likeness (QED) is 0.842. The van der Waals surface area contributed by atoms with Crippen LogP contribution < -0.4 is 5.32 Å². The molecule has 1 aliphatic rings. The van der Waals surface area contributed by atoms with E-state index in [0.717, 1.165) is 6.07 Å². The van der Waals surface area contributed by atoms with E-state index in [1.807, 2.05) is 0 Å². The standard InChI is InChI=1S/C12H12ClF3NO/c13-10-2-1-8(7-9(10)12(14,15)16)11(18)3-5-17-6-4-11/h1-2,7,18H,3-6H2. The monoisotopic (exact) mass is 278 g/mol. The van der Waals surface area contributed by atoms with Crippen molar-refractivity contribution in [1.82, 2.24) is 5.32 Å². The zero-order valence-electron chi connectivity index (χ0n) is 9.47. The molecule has 1 heterocycles. The molecule has 2 nitrogen and oxygen atoms in total. The van der Waals surface area contributed by atoms with Crippen molar-refractivity contribution >= 4 is 11.6 Å². The molecule has 0 atom stereocenters. The third-order valence-corrected chi connectivity index (χ3v) is 3.51. The molecule has 1 aromatic carbocycles. The second-order valence-corrected chi connectivity index (χ2v) is 4.80. The van der Waals surface area contributed by atoms with Gasteiger partial charge in [0.15, 0.2) is 0 Å². The lowest BCUT2D eigenvalue weighted by atomic mass is 9.84. The van der Waals surface area contributed by atoms with Gasteiger partial charge in [0.05, 0.1) is 16.2 Å². The highest BCUT2D eigenvalue weighted by molar-refractivity contribution is 6.31. The number of rotatable bonds is 1. The van der Waals surface area contributed by atoms with E-state index >= 15 is 0 Å². The minimum Gasteiger partial charge on any atom is -0.385 e. The highest BCUT2D eigenvalue weighted by Crippen LogP contribution is 2.39. The average Bonchev–Trinajstić information content (AvgIpc) is 2.28. The molecule has 1 radical (unpaired) electrons. The molecule has 1 N–H and O–H groups in total. The van der Waals surface area contributed by atoms with Gasteiger partial charge in [-0.2, -0.15) is 13.2 Å². The number of piperidine rings is 1. The van der Waals surface area contributed by atoms with E-state index in [2.05, 4.69) is 5.32 Å². The lowest BCUT2D eigenvalue weighted by Gasteiger charge is -2.32. The molecular formula is C12H12ClF3NO. The Hall–Kier alpha value is -0.780. The Labute approximate surface area is 108 Å². The van der Waals surface area contributed by atoms with Crippen molar-refractivity contribution in [3.05, 3.63) is 34.3 Å². The van der Waals surface area contributed by atoms with Crippen LogP contribution in [-0.4, -0.2) is 18.2 Å². The highest BCUT2D eigenvalue weighted by atomic mass is 35.5. The summed E-state index contributed by atoms with van der Waals surface area (Å²) in [6.45, 7) is 0.918. The molecule has 1 fully saturated rings. The van der Waals surface area contributed by atoms with Crippen LogP contribution in [0, 0.1) is 0 Å². The molecule has 6 heteroatoms. The van der Waals surface area contributed by atoms with Crippen LogP contribution in [0.15, 0.2) is 18.2 Å². The fourth-order valence-corrected chi connectivity index (χ4v) is 2.31. The van der Waals surface area contributed by atoms with Gasteiger partial charge in [-0.1, -0.05) is 17.7 Å². The van der Waals surface area contributed by atoms with Gasteiger partial charge < -0.3 is 5.11 Å². The predicted molar refractivity (Wildman–Crippen MR) is 61.5 cm³/mol. The van der Waals surface area contributed by atoms with E-state index < -0.39 is 17.3 Å². The van der Waals surface area contributed by atoms with Gasteiger partial charge in [-0.05, 0) is 30.5 Å². The summed E-state index contributed by atoms with van der Waals surface area (Å²) in [7, 11) is 0. The minimum absolute atomic E-state index is 0.258. The largest absolute Gasteiger partial charge is 0.417 e. The normalized spacial score (nSPS) is 19.8. The van der Waals surface area contributed by atoms with Crippen LogP contribution in [-0.2, 0) is 11.8 Å². The Kier molecular flexibility index (Phi) is 3.58. The van der Waals surface area contributed by atoms with E-state index in [-0.39, 0.29) is 10.6 Å². The summed E-state index contributed by atoms with van der Waals surface area (Å²) in [5.41, 5.74) is -1.88. The molecule has 1 aliphatic heterocycles. The summed E-state index contributed by atoms with van der Waals surface area (Å²) in [6, 6.07) is 3.57. The maximum Gasteiger partial charge on any atom is 0.417 e. The third-order valence-electron chi connectivity index (χ3n) is 3.18. The molecule has 0 amide bonds. The fourth-order valence-electron chi connectivity index (χ4n) is 2.09. The summed E-state index contributed by atoms with van der Waals surface area (Å²) >= 11 is 5.55. The predicted octanol–water partition coefficient (Wildman–Crippen LogP) is 2.94. The fraction of sp³-hybridized carbons (Fsp3) is 0.500. The van der Waals surface area contributed by atoms with Gasteiger partial charge in [-0.25, -0.2) is 5.32 Å². The molecule has 2 rings (SSSR count). The van der Waals surface area contributed by atoms with Gasteiger partial charge in [0.2, 0.25) is 0 Å². The molecule has 0 spiro atoms. The number of hydrogen-bond acceptors (Lipinski definition) is 1. The van der Waals surface area contributed by atoms with E-state index in [4.69, 9.17) is 11.6 Å². The molecule has 0 saturated carbocycles. The molecule has 1 saturated heterocycles. The Balaban J connectivity index is 2.40. The summed E-state index contributed by atoms with van der Waals surface area (Å²) < 4.78 is 38.2. The van der Waals surface area contributed by atoms with Crippen molar-refractivity contribution < 1.29 is 18.3 Å². The minimum atomic E-state index is -4.51. The Morgan fingerprint density at radius 3 is 2.39 bits per heavy atom. The van der Waals surface area contributed by atoms with Gasteiger partial charge >= 0.3 is 6.18 Å². The van der Waals surface area contributed by atoms with E-state index in [9.17, 15) is 18.3 Å². The second-order valence-electron chi connectivity index (χ2n) is 4.39. The Bertz CT molecular complexity index is 441. The van der Waals surface area contributed by atoms with Crippen molar-refractivity contribution in [3.63, 3.8) is 0 Å². The Morgan fingerprint density at radius 2 is 1.83 bits per heavy atom. The van der Waals surface area contributed by atoms with Gasteiger partial charge in [-0.15, -0.1) is 0 Å². The number of benzene rings is 1. The van der Waals surface area contributed by atoms with Crippen LogP contribution >= 0.6 is 11.6 Å². The Morgan fingerprint density at radius 1 is 1.22 bits per heavy atom. The molecule has 99 valence electrons. The van der Waals surface area contributed by atoms with Crippen molar-refractivity contribution in [2.75, 3.05) is 13.1 Å². The van der Waals surface area contributed by atoms with E-state index in [0.29, 0.717) is 25.9 Å². The van der Waals surface area contributed by atoms with Crippen LogP contribution in [0.25, 0.3) is 0 Å². The first-order valence-electron chi connectivity index (χ1n) is 5.56. The molecule has 0 aliphatic carbocycles. The van der Waals surface area contributed by atoms with Crippen LogP contribution in [0.1, 0.15) is 24.0 Å². The van der Waals surface area contributed by atoms with Crippen LogP contribution in [0.3, 0.4) is 0 Å². The lowest BCUT2D eigenvalue weighted by molar-refractivity contribution is -0.137. The number of hydrogen-bond donors (Lipinski definition) is 1. The second kappa shape index (κ2) is 4.72. The van der Waals surface area contributed by atoms with Crippen molar-refractivity contribution in [3.8, 4) is 0 Å². The first-order chi connectivity index (χ1) is 8.33. The summed E-state index contributed by atoms with van der Waals surface area (Å²) in [4.78, 5) is 0. The smallest absolute Gasteiger partial charge is 0.385 e. The average molecular weight is 279 g/mol. The number of halogens is 4. The van der Waals surface area contributed by atoms with Gasteiger partial charge in [0.1, 0.15) is 0 Å². The zero-order valence-corrected chi connectivity index (χ0v) is 10.2. The highest BCUT2D eigenvalue weighted by Gasteiger charge is 2.37. The van der Waals surface area contributed by atoms with E-state index in [1.165, 1.54) is 12.1 Å². The van der Waals surface area contributed by atoms with Gasteiger partial charge in [0, 0.05) is 13.1 Å². The molecule has 18 heavy (non-hydrogen) atoms. The van der Waals surface area contributed by atoms with Crippen molar-refractivity contribution in [1.29, 1.82) is 0 Å². The van der Waals surface area contributed by atoms with Crippen molar-refractivity contribution in [2.45, 2.75) is 24.6 Å². The first kappa shape index (κ1) is 13.6. The molecule has 0 bridgehead atoms. The van der Waals surface area contributed by atoms with E-state index in [1.54, 1.807) is 0 Å². The maximum absolute atomic E-state index is 12.7. The molecule has 0 unspecified atom stereocenters. The summed E-state index contributed by atoms with van der Waals surface area (Å²) in [5, 5.41) is 14.1. The zero-order chi connectivity index (χ0) is 13.4. The summed E-state index contributed by atoms with van der Waals surface area (Å²) in [5.74, 6) is 0.